The molecule has 1 saturated heterocycles. The van der Waals surface area contributed by atoms with Crippen LogP contribution in [0.15, 0.2) is 28.7 Å². The first-order chi connectivity index (χ1) is 9.75. The predicted octanol–water partition coefficient (Wildman–Crippen LogP) is 5.11. The monoisotopic (exact) mass is 335 g/mol. The Hall–Kier alpha value is -0.340. The first-order valence-electron chi connectivity index (χ1n) is 8.20. The molecule has 1 spiro atoms. The van der Waals surface area contributed by atoms with Crippen molar-refractivity contribution >= 4 is 15.9 Å². The van der Waals surface area contributed by atoms with Crippen LogP contribution in [0.25, 0.3) is 0 Å². The lowest BCUT2D eigenvalue weighted by atomic mass is 9.58. The van der Waals surface area contributed by atoms with Gasteiger partial charge in [-0.1, -0.05) is 60.3 Å². The van der Waals surface area contributed by atoms with Gasteiger partial charge in [0.2, 0.25) is 0 Å². The van der Waals surface area contributed by atoms with Crippen LogP contribution in [0.3, 0.4) is 0 Å². The molecule has 0 amide bonds. The molecule has 0 bridgehead atoms. The van der Waals surface area contributed by atoms with E-state index in [-0.39, 0.29) is 0 Å². The predicted molar refractivity (Wildman–Crippen MR) is 89.1 cm³/mol. The molecule has 3 rings (SSSR count). The van der Waals surface area contributed by atoms with Gasteiger partial charge in [0.25, 0.3) is 0 Å². The SMILES string of the molecule is CCC1CCCC2(CCNCC2c2ccccc2Br)C1. The zero-order chi connectivity index (χ0) is 14.0. The van der Waals surface area contributed by atoms with E-state index in [0.717, 1.165) is 12.5 Å². The molecule has 0 radical (unpaired) electrons. The minimum absolute atomic E-state index is 0.550. The molecule has 2 aliphatic rings. The molecule has 1 aliphatic carbocycles. The maximum absolute atomic E-state index is 3.79. The van der Waals surface area contributed by atoms with Gasteiger partial charge in [0.15, 0.2) is 0 Å². The van der Waals surface area contributed by atoms with Gasteiger partial charge in [-0.2, -0.15) is 0 Å². The Morgan fingerprint density at radius 1 is 1.30 bits per heavy atom. The van der Waals surface area contributed by atoms with Crippen LogP contribution >= 0.6 is 15.9 Å². The van der Waals surface area contributed by atoms with Crippen molar-refractivity contribution in [2.24, 2.45) is 11.3 Å². The van der Waals surface area contributed by atoms with Crippen molar-refractivity contribution in [1.29, 1.82) is 0 Å². The average molecular weight is 336 g/mol. The highest BCUT2D eigenvalue weighted by molar-refractivity contribution is 9.10. The average Bonchev–Trinajstić information content (AvgIpc) is 2.49. The fraction of sp³-hybridized carbons (Fsp3) is 0.667. The number of benzene rings is 1. The van der Waals surface area contributed by atoms with E-state index in [2.05, 4.69) is 52.4 Å². The Labute approximate surface area is 131 Å². The van der Waals surface area contributed by atoms with Crippen LogP contribution in [0.5, 0.6) is 0 Å². The Balaban J connectivity index is 1.93. The summed E-state index contributed by atoms with van der Waals surface area (Å²) in [6.07, 6.45) is 8.47. The Morgan fingerprint density at radius 3 is 2.95 bits per heavy atom. The van der Waals surface area contributed by atoms with Gasteiger partial charge in [-0.15, -0.1) is 0 Å². The highest BCUT2D eigenvalue weighted by Crippen LogP contribution is 2.53. The minimum Gasteiger partial charge on any atom is -0.316 e. The first kappa shape index (κ1) is 14.6. The second-order valence-electron chi connectivity index (χ2n) is 6.76. The van der Waals surface area contributed by atoms with Gasteiger partial charge in [-0.05, 0) is 48.8 Å². The van der Waals surface area contributed by atoms with Gasteiger partial charge in [-0.3, -0.25) is 0 Å². The summed E-state index contributed by atoms with van der Waals surface area (Å²) in [6.45, 7) is 4.73. The zero-order valence-corrected chi connectivity index (χ0v) is 14.1. The molecule has 2 heteroatoms. The summed E-state index contributed by atoms with van der Waals surface area (Å²) >= 11 is 3.79. The number of hydrogen-bond acceptors (Lipinski definition) is 1. The third kappa shape index (κ3) is 2.69. The van der Waals surface area contributed by atoms with Gasteiger partial charge in [0, 0.05) is 16.9 Å². The van der Waals surface area contributed by atoms with E-state index in [1.165, 1.54) is 55.1 Å². The smallest absolute Gasteiger partial charge is 0.0210 e. The number of halogens is 1. The molecule has 1 aliphatic heterocycles. The molecule has 110 valence electrons. The van der Waals surface area contributed by atoms with E-state index in [4.69, 9.17) is 0 Å². The van der Waals surface area contributed by atoms with Crippen molar-refractivity contribution in [3.05, 3.63) is 34.3 Å². The molecule has 1 heterocycles. The van der Waals surface area contributed by atoms with Crippen LogP contribution in [-0.4, -0.2) is 13.1 Å². The van der Waals surface area contributed by atoms with Gasteiger partial charge in [0.1, 0.15) is 0 Å². The number of nitrogens with one attached hydrogen (secondary N) is 1. The van der Waals surface area contributed by atoms with Crippen molar-refractivity contribution in [3.8, 4) is 0 Å². The van der Waals surface area contributed by atoms with Crippen LogP contribution in [-0.2, 0) is 0 Å². The third-order valence-electron chi connectivity index (χ3n) is 5.73. The fourth-order valence-corrected chi connectivity index (χ4v) is 5.15. The van der Waals surface area contributed by atoms with Crippen molar-refractivity contribution in [3.63, 3.8) is 0 Å². The quantitative estimate of drug-likeness (QED) is 0.791. The van der Waals surface area contributed by atoms with Crippen molar-refractivity contribution in [2.75, 3.05) is 13.1 Å². The topological polar surface area (TPSA) is 12.0 Å². The lowest BCUT2D eigenvalue weighted by molar-refractivity contribution is 0.0686. The lowest BCUT2D eigenvalue weighted by Gasteiger charge is -2.50. The molecular weight excluding hydrogens is 310 g/mol. The largest absolute Gasteiger partial charge is 0.316 e. The molecule has 1 N–H and O–H groups in total. The molecule has 0 aromatic heterocycles. The summed E-state index contributed by atoms with van der Waals surface area (Å²) in [7, 11) is 0. The van der Waals surface area contributed by atoms with Crippen LogP contribution in [0.4, 0.5) is 0 Å². The second kappa shape index (κ2) is 6.19. The van der Waals surface area contributed by atoms with Crippen LogP contribution in [0.2, 0.25) is 0 Å². The Bertz CT molecular complexity index is 454. The molecule has 1 aromatic carbocycles. The summed E-state index contributed by atoms with van der Waals surface area (Å²) in [6, 6.07) is 8.87. The van der Waals surface area contributed by atoms with Gasteiger partial charge < -0.3 is 5.32 Å². The van der Waals surface area contributed by atoms with E-state index in [1.807, 2.05) is 0 Å². The highest BCUT2D eigenvalue weighted by Gasteiger charge is 2.44. The van der Waals surface area contributed by atoms with Crippen LogP contribution in [0, 0.1) is 11.3 Å². The third-order valence-corrected chi connectivity index (χ3v) is 6.45. The van der Waals surface area contributed by atoms with Crippen LogP contribution < -0.4 is 5.32 Å². The number of rotatable bonds is 2. The first-order valence-corrected chi connectivity index (χ1v) is 8.99. The minimum atomic E-state index is 0.550. The highest BCUT2D eigenvalue weighted by atomic mass is 79.9. The lowest BCUT2D eigenvalue weighted by Crippen LogP contribution is -2.46. The molecule has 1 aromatic rings. The number of piperidine rings is 1. The Kier molecular flexibility index (Phi) is 4.52. The van der Waals surface area contributed by atoms with Gasteiger partial charge in [-0.25, -0.2) is 0 Å². The van der Waals surface area contributed by atoms with E-state index in [0.29, 0.717) is 11.3 Å². The summed E-state index contributed by atoms with van der Waals surface area (Å²) in [5.41, 5.74) is 2.07. The van der Waals surface area contributed by atoms with Crippen LogP contribution in [0.1, 0.15) is 56.9 Å². The molecular formula is C18H26BrN. The maximum atomic E-state index is 3.79. The van der Waals surface area contributed by atoms with E-state index >= 15 is 0 Å². The summed E-state index contributed by atoms with van der Waals surface area (Å²) < 4.78 is 1.30. The standard InChI is InChI=1S/C18H26BrN/c1-2-14-6-5-9-18(12-14)10-11-20-13-16(18)15-7-3-4-8-17(15)19/h3-4,7-8,14,16,20H,2,5-6,9-13H2,1H3. The molecule has 20 heavy (non-hydrogen) atoms. The molecule has 1 nitrogen and oxygen atoms in total. The Morgan fingerprint density at radius 2 is 2.15 bits per heavy atom. The second-order valence-corrected chi connectivity index (χ2v) is 7.62. The number of hydrogen-bond donors (Lipinski definition) is 1. The maximum Gasteiger partial charge on any atom is 0.0210 e. The zero-order valence-electron chi connectivity index (χ0n) is 12.5. The molecule has 2 fully saturated rings. The fourth-order valence-electron chi connectivity index (χ4n) is 4.59. The summed E-state index contributed by atoms with van der Waals surface area (Å²) in [5.74, 6) is 1.63. The summed E-state index contributed by atoms with van der Waals surface area (Å²) in [5, 5.41) is 3.64. The molecule has 3 unspecified atom stereocenters. The molecule has 1 saturated carbocycles. The van der Waals surface area contributed by atoms with Gasteiger partial charge >= 0.3 is 0 Å². The normalized spacial score (nSPS) is 34.3. The van der Waals surface area contributed by atoms with E-state index in [9.17, 15) is 0 Å². The van der Waals surface area contributed by atoms with Gasteiger partial charge in [0.05, 0.1) is 0 Å². The molecule has 3 atom stereocenters. The van der Waals surface area contributed by atoms with E-state index < -0.39 is 0 Å². The van der Waals surface area contributed by atoms with Crippen molar-refractivity contribution in [1.82, 2.24) is 5.32 Å². The summed E-state index contributed by atoms with van der Waals surface area (Å²) in [4.78, 5) is 0. The van der Waals surface area contributed by atoms with E-state index in [1.54, 1.807) is 0 Å². The van der Waals surface area contributed by atoms with Crippen molar-refractivity contribution < 1.29 is 0 Å². The van der Waals surface area contributed by atoms with Crippen molar-refractivity contribution in [2.45, 2.75) is 51.4 Å².